The minimum absolute atomic E-state index is 0.245. The van der Waals surface area contributed by atoms with Gasteiger partial charge in [0, 0.05) is 13.7 Å². The Balaban J connectivity index is 2.29. The first kappa shape index (κ1) is 14.9. The van der Waals surface area contributed by atoms with Gasteiger partial charge in [0.25, 0.3) is 0 Å². The number of methoxy groups -OCH3 is 2. The Labute approximate surface area is 107 Å². The lowest BCUT2D eigenvalue weighted by Crippen LogP contribution is -2.23. The third-order valence-corrected chi connectivity index (χ3v) is 2.56. The summed E-state index contributed by atoms with van der Waals surface area (Å²) in [5.41, 5.74) is 0.842. The fraction of sp³-hybridized carbons (Fsp3) is 0.538. The van der Waals surface area contributed by atoms with Gasteiger partial charge in [-0.15, -0.1) is 0 Å². The Morgan fingerprint density at radius 3 is 2.78 bits per heavy atom. The highest BCUT2D eigenvalue weighted by molar-refractivity contribution is 5.29. The van der Waals surface area contributed by atoms with Crippen molar-refractivity contribution >= 4 is 0 Å². The molecule has 4 nitrogen and oxygen atoms in total. The van der Waals surface area contributed by atoms with Gasteiger partial charge in [-0.2, -0.15) is 0 Å². The second-order valence-electron chi connectivity index (χ2n) is 4.04. The summed E-state index contributed by atoms with van der Waals surface area (Å²) in [4.78, 5) is 0. The highest BCUT2D eigenvalue weighted by Crippen LogP contribution is 2.17. The summed E-state index contributed by atoms with van der Waals surface area (Å²) in [6.07, 6.45) is 0.141. The van der Waals surface area contributed by atoms with Crippen molar-refractivity contribution in [2.45, 2.75) is 19.1 Å². The molecule has 5 heteroatoms. The molecule has 0 radical (unpaired) electrons. The van der Waals surface area contributed by atoms with Crippen LogP contribution in [-0.4, -0.2) is 38.6 Å². The van der Waals surface area contributed by atoms with Crippen LogP contribution in [0, 0.1) is 5.82 Å². The molecule has 0 saturated heterocycles. The normalized spacial score (nSPS) is 12.4. The van der Waals surface area contributed by atoms with Crippen molar-refractivity contribution in [3.63, 3.8) is 0 Å². The number of benzene rings is 1. The largest absolute Gasteiger partial charge is 0.494 e. The summed E-state index contributed by atoms with van der Waals surface area (Å²) in [6, 6.07) is 4.85. The van der Waals surface area contributed by atoms with Crippen molar-refractivity contribution < 1.29 is 19.0 Å². The van der Waals surface area contributed by atoms with Gasteiger partial charge >= 0.3 is 0 Å². The number of hydrogen-bond donors (Lipinski definition) is 2. The Bertz CT molecular complexity index is 360. The van der Waals surface area contributed by atoms with Crippen LogP contribution in [0.1, 0.15) is 12.0 Å². The molecule has 0 heterocycles. The molecule has 0 spiro atoms. The van der Waals surface area contributed by atoms with E-state index in [1.807, 2.05) is 0 Å². The first-order valence-corrected chi connectivity index (χ1v) is 5.87. The Hall–Kier alpha value is -1.17. The van der Waals surface area contributed by atoms with Crippen molar-refractivity contribution in [3.8, 4) is 5.75 Å². The van der Waals surface area contributed by atoms with Crippen molar-refractivity contribution in [2.75, 3.05) is 27.4 Å². The fourth-order valence-corrected chi connectivity index (χ4v) is 1.60. The van der Waals surface area contributed by atoms with E-state index in [2.05, 4.69) is 5.32 Å². The number of hydrogen-bond acceptors (Lipinski definition) is 4. The molecule has 1 rings (SSSR count). The molecular formula is C13H20FNO3. The van der Waals surface area contributed by atoms with Gasteiger partial charge in [0.2, 0.25) is 0 Å². The Morgan fingerprint density at radius 1 is 1.39 bits per heavy atom. The summed E-state index contributed by atoms with van der Waals surface area (Å²) in [5.74, 6) is -0.120. The summed E-state index contributed by atoms with van der Waals surface area (Å²) in [5, 5.41) is 12.5. The minimum atomic E-state index is -0.463. The average molecular weight is 257 g/mol. The van der Waals surface area contributed by atoms with Gasteiger partial charge in [0.1, 0.15) is 0 Å². The van der Waals surface area contributed by atoms with Gasteiger partial charge in [-0.3, -0.25) is 0 Å². The lowest BCUT2D eigenvalue weighted by molar-refractivity contribution is 0.0594. The van der Waals surface area contributed by atoms with Crippen LogP contribution >= 0.6 is 0 Å². The fourth-order valence-electron chi connectivity index (χ4n) is 1.60. The number of aliphatic hydroxyl groups excluding tert-OH is 1. The topological polar surface area (TPSA) is 50.7 Å². The molecule has 2 N–H and O–H groups in total. The molecule has 1 atom stereocenters. The lowest BCUT2D eigenvalue weighted by Gasteiger charge is -2.10. The predicted octanol–water partition coefficient (Wildman–Crippen LogP) is 1.32. The minimum Gasteiger partial charge on any atom is -0.494 e. The molecule has 0 aromatic heterocycles. The van der Waals surface area contributed by atoms with E-state index in [0.717, 1.165) is 5.56 Å². The number of halogens is 1. The van der Waals surface area contributed by atoms with E-state index in [-0.39, 0.29) is 11.6 Å². The number of ether oxygens (including phenoxy) is 2. The van der Waals surface area contributed by atoms with Gasteiger partial charge in [-0.05, 0) is 30.7 Å². The molecule has 0 aliphatic heterocycles. The summed E-state index contributed by atoms with van der Waals surface area (Å²) in [7, 11) is 2.99. The van der Waals surface area contributed by atoms with Crippen LogP contribution in [-0.2, 0) is 11.3 Å². The van der Waals surface area contributed by atoms with E-state index in [0.29, 0.717) is 26.1 Å². The van der Waals surface area contributed by atoms with Crippen LogP contribution in [0.25, 0.3) is 0 Å². The highest BCUT2D eigenvalue weighted by atomic mass is 19.1. The van der Waals surface area contributed by atoms with Crippen LogP contribution in [0.15, 0.2) is 18.2 Å². The van der Waals surface area contributed by atoms with Gasteiger partial charge in [0.05, 0.1) is 19.8 Å². The molecule has 0 bridgehead atoms. The van der Waals surface area contributed by atoms with Crippen LogP contribution in [0.4, 0.5) is 4.39 Å². The monoisotopic (exact) mass is 257 g/mol. The zero-order valence-corrected chi connectivity index (χ0v) is 10.8. The van der Waals surface area contributed by atoms with E-state index in [1.54, 1.807) is 19.2 Å². The molecule has 0 amide bonds. The maximum atomic E-state index is 13.4. The smallest absolute Gasteiger partial charge is 0.165 e. The third-order valence-electron chi connectivity index (χ3n) is 2.56. The molecule has 0 saturated carbocycles. The van der Waals surface area contributed by atoms with E-state index < -0.39 is 6.10 Å². The zero-order valence-electron chi connectivity index (χ0n) is 10.8. The molecule has 1 aromatic carbocycles. The molecule has 18 heavy (non-hydrogen) atoms. The molecule has 1 unspecified atom stereocenters. The summed E-state index contributed by atoms with van der Waals surface area (Å²) >= 11 is 0. The van der Waals surface area contributed by atoms with Crippen molar-refractivity contribution in [1.82, 2.24) is 5.32 Å². The lowest BCUT2D eigenvalue weighted by atomic mass is 10.2. The Morgan fingerprint density at radius 2 is 2.17 bits per heavy atom. The van der Waals surface area contributed by atoms with E-state index in [4.69, 9.17) is 9.47 Å². The summed E-state index contributed by atoms with van der Waals surface area (Å²) in [6.45, 7) is 1.54. The highest BCUT2D eigenvalue weighted by Gasteiger charge is 2.04. The molecule has 0 aliphatic carbocycles. The summed E-state index contributed by atoms with van der Waals surface area (Å²) < 4.78 is 23.0. The molecule has 1 aromatic rings. The predicted molar refractivity (Wildman–Crippen MR) is 67.2 cm³/mol. The molecule has 0 aliphatic rings. The molecular weight excluding hydrogens is 237 g/mol. The van der Waals surface area contributed by atoms with Gasteiger partial charge in [-0.25, -0.2) is 4.39 Å². The maximum Gasteiger partial charge on any atom is 0.165 e. The zero-order chi connectivity index (χ0) is 13.4. The number of aliphatic hydroxyl groups is 1. The van der Waals surface area contributed by atoms with Gasteiger partial charge in [0.15, 0.2) is 11.6 Å². The molecule has 102 valence electrons. The number of nitrogens with one attached hydrogen (secondary N) is 1. The first-order valence-electron chi connectivity index (χ1n) is 5.87. The van der Waals surface area contributed by atoms with Gasteiger partial charge in [-0.1, -0.05) is 6.07 Å². The number of rotatable bonds is 8. The Kier molecular flexibility index (Phi) is 6.64. The SMILES string of the molecule is COCC(O)CCNCc1ccc(OC)c(F)c1. The molecule has 0 fully saturated rings. The second-order valence-corrected chi connectivity index (χ2v) is 4.04. The van der Waals surface area contributed by atoms with Gasteiger partial charge < -0.3 is 19.9 Å². The maximum absolute atomic E-state index is 13.4. The van der Waals surface area contributed by atoms with Crippen molar-refractivity contribution in [2.24, 2.45) is 0 Å². The van der Waals surface area contributed by atoms with Crippen molar-refractivity contribution in [1.29, 1.82) is 0 Å². The third kappa shape index (κ3) is 5.00. The van der Waals surface area contributed by atoms with Crippen LogP contribution < -0.4 is 10.1 Å². The second kappa shape index (κ2) is 8.02. The average Bonchev–Trinajstić information content (AvgIpc) is 2.35. The standard InChI is InChI=1S/C13H20FNO3/c1-17-9-11(16)5-6-15-8-10-3-4-13(18-2)12(14)7-10/h3-4,7,11,15-16H,5-6,8-9H2,1-2H3. The van der Waals surface area contributed by atoms with E-state index in [9.17, 15) is 9.50 Å². The van der Waals surface area contributed by atoms with Crippen LogP contribution in [0.3, 0.4) is 0 Å². The van der Waals surface area contributed by atoms with Crippen LogP contribution in [0.2, 0.25) is 0 Å². The van der Waals surface area contributed by atoms with Crippen molar-refractivity contribution in [3.05, 3.63) is 29.6 Å². The van der Waals surface area contributed by atoms with Crippen LogP contribution in [0.5, 0.6) is 5.75 Å². The quantitative estimate of drug-likeness (QED) is 0.690. The van der Waals surface area contributed by atoms with E-state index >= 15 is 0 Å². The first-order chi connectivity index (χ1) is 8.67. The van der Waals surface area contributed by atoms with E-state index in [1.165, 1.54) is 13.2 Å².